The molecule has 0 aliphatic rings. The lowest BCUT2D eigenvalue weighted by Crippen LogP contribution is -2.45. The fourth-order valence-electron chi connectivity index (χ4n) is 7.55. The molecule has 336 valence electrons. The minimum atomic E-state index is -0.667. The van der Waals surface area contributed by atoms with Gasteiger partial charge in [-0.1, -0.05) is 205 Å². The van der Waals surface area contributed by atoms with Crippen molar-refractivity contribution in [3.05, 3.63) is 24.3 Å². The molecule has 57 heavy (non-hydrogen) atoms. The Morgan fingerprint density at radius 2 is 0.842 bits per heavy atom. The van der Waals surface area contributed by atoms with E-state index in [0.29, 0.717) is 25.9 Å². The maximum atomic E-state index is 12.4. The molecule has 2 atom stereocenters. The van der Waals surface area contributed by atoms with E-state index < -0.39 is 12.1 Å². The molecule has 0 fully saturated rings. The Bertz CT molecular complexity index is 889. The van der Waals surface area contributed by atoms with Crippen molar-refractivity contribution in [2.24, 2.45) is 0 Å². The first kappa shape index (κ1) is 55.3. The van der Waals surface area contributed by atoms with Gasteiger partial charge < -0.3 is 20.3 Å². The lowest BCUT2D eigenvalue weighted by molar-refractivity contribution is -0.143. The molecule has 0 saturated heterocycles. The van der Waals surface area contributed by atoms with Crippen molar-refractivity contribution in [1.29, 1.82) is 0 Å². The van der Waals surface area contributed by atoms with E-state index in [4.69, 9.17) is 4.74 Å². The number of ether oxygens (including phenoxy) is 1. The summed E-state index contributed by atoms with van der Waals surface area (Å²) in [5.74, 6) is -0.0523. The molecule has 0 aliphatic heterocycles. The van der Waals surface area contributed by atoms with Crippen LogP contribution in [0.2, 0.25) is 0 Å². The van der Waals surface area contributed by atoms with E-state index in [0.717, 1.165) is 44.9 Å². The van der Waals surface area contributed by atoms with Gasteiger partial charge in [-0.05, 0) is 70.6 Å². The smallest absolute Gasteiger partial charge is 0.305 e. The molecule has 0 radical (unpaired) electrons. The fourth-order valence-corrected chi connectivity index (χ4v) is 7.55. The van der Waals surface area contributed by atoms with E-state index in [1.807, 2.05) is 0 Å². The molecule has 0 heterocycles. The number of aliphatic hydroxyl groups is 2. The van der Waals surface area contributed by atoms with Gasteiger partial charge in [0.05, 0.1) is 25.4 Å². The van der Waals surface area contributed by atoms with Crippen LogP contribution in [0.4, 0.5) is 0 Å². The zero-order valence-electron chi connectivity index (χ0n) is 38.1. The van der Waals surface area contributed by atoms with Gasteiger partial charge >= 0.3 is 5.97 Å². The molecule has 0 aromatic carbocycles. The fraction of sp³-hybridized carbons (Fsp3) is 0.882. The van der Waals surface area contributed by atoms with Crippen molar-refractivity contribution < 1.29 is 24.5 Å². The third-order valence-corrected chi connectivity index (χ3v) is 11.5. The summed E-state index contributed by atoms with van der Waals surface area (Å²) >= 11 is 0. The standard InChI is InChI=1S/C51H97NO5/c1-3-5-7-9-11-13-24-29-33-37-41-45-51(56)57-46-42-38-34-30-26-23-21-19-17-15-14-16-18-20-22-25-28-32-36-40-44-50(55)52-48(47-53)49(54)43-39-35-31-27-12-10-8-6-4-2/h9,11,14,16,48-49,53-54H,3-8,10,12-13,15,17-47H2,1-2H3,(H,52,55)/b11-9-,16-14-. The highest BCUT2D eigenvalue weighted by molar-refractivity contribution is 5.76. The molecule has 0 aliphatic carbocycles. The van der Waals surface area contributed by atoms with Crippen LogP contribution in [-0.4, -0.2) is 47.4 Å². The Hall–Kier alpha value is -1.66. The van der Waals surface area contributed by atoms with Crippen LogP contribution in [0.25, 0.3) is 0 Å². The van der Waals surface area contributed by atoms with E-state index in [9.17, 15) is 19.8 Å². The van der Waals surface area contributed by atoms with Gasteiger partial charge in [0.15, 0.2) is 0 Å². The molecule has 1 amide bonds. The Morgan fingerprint density at radius 3 is 1.30 bits per heavy atom. The van der Waals surface area contributed by atoms with E-state index >= 15 is 0 Å². The van der Waals surface area contributed by atoms with Crippen molar-refractivity contribution in [2.75, 3.05) is 13.2 Å². The van der Waals surface area contributed by atoms with Crippen LogP contribution in [0.15, 0.2) is 24.3 Å². The summed E-state index contributed by atoms with van der Waals surface area (Å²) < 4.78 is 5.44. The Balaban J connectivity index is 3.42. The van der Waals surface area contributed by atoms with Crippen LogP contribution in [0.1, 0.15) is 264 Å². The highest BCUT2D eigenvalue weighted by Gasteiger charge is 2.20. The summed E-state index contributed by atoms with van der Waals surface area (Å²) in [4.78, 5) is 24.3. The Labute approximate surface area is 354 Å². The number of allylic oxidation sites excluding steroid dienone is 4. The number of carbonyl (C=O) groups is 2. The average Bonchev–Trinajstić information content (AvgIpc) is 3.21. The number of hydrogen-bond acceptors (Lipinski definition) is 5. The van der Waals surface area contributed by atoms with Gasteiger partial charge in [0.25, 0.3) is 0 Å². The van der Waals surface area contributed by atoms with Crippen molar-refractivity contribution in [3.8, 4) is 0 Å². The van der Waals surface area contributed by atoms with E-state index in [1.54, 1.807) is 0 Å². The first-order valence-corrected chi connectivity index (χ1v) is 25.1. The van der Waals surface area contributed by atoms with Crippen molar-refractivity contribution >= 4 is 11.9 Å². The summed E-state index contributed by atoms with van der Waals surface area (Å²) in [7, 11) is 0. The van der Waals surface area contributed by atoms with Crippen LogP contribution in [-0.2, 0) is 14.3 Å². The molecule has 0 aromatic rings. The molecule has 0 saturated carbocycles. The summed E-state index contributed by atoms with van der Waals surface area (Å²) in [6, 6.07) is -0.545. The summed E-state index contributed by atoms with van der Waals surface area (Å²) in [6.07, 6.45) is 54.4. The maximum absolute atomic E-state index is 12.4. The zero-order valence-corrected chi connectivity index (χ0v) is 38.1. The largest absolute Gasteiger partial charge is 0.466 e. The van der Waals surface area contributed by atoms with Crippen LogP contribution in [0.5, 0.6) is 0 Å². The Kier molecular flexibility index (Phi) is 45.7. The minimum absolute atomic E-state index is 0.00551. The SMILES string of the molecule is CCCC/C=C\CCCCCCCC(=O)OCCCCCCCCCCC/C=C\CCCCCCCCCC(=O)NC(CO)C(O)CCCCCCCCCCC. The minimum Gasteiger partial charge on any atom is -0.466 e. The molecule has 0 aromatic heterocycles. The van der Waals surface area contributed by atoms with Crippen LogP contribution < -0.4 is 5.32 Å². The topological polar surface area (TPSA) is 95.9 Å². The van der Waals surface area contributed by atoms with Crippen LogP contribution in [0, 0.1) is 0 Å². The van der Waals surface area contributed by atoms with E-state index in [1.165, 1.54) is 186 Å². The molecule has 6 heteroatoms. The molecule has 6 nitrogen and oxygen atoms in total. The first-order valence-electron chi connectivity index (χ1n) is 25.1. The second-order valence-electron chi connectivity index (χ2n) is 17.1. The third-order valence-electron chi connectivity index (χ3n) is 11.5. The maximum Gasteiger partial charge on any atom is 0.305 e. The highest BCUT2D eigenvalue weighted by atomic mass is 16.5. The third kappa shape index (κ3) is 43.7. The molecule has 0 rings (SSSR count). The molecular formula is C51H97NO5. The predicted molar refractivity (Wildman–Crippen MR) is 246 cm³/mol. The van der Waals surface area contributed by atoms with E-state index in [-0.39, 0.29) is 18.5 Å². The van der Waals surface area contributed by atoms with Crippen molar-refractivity contribution in [1.82, 2.24) is 5.32 Å². The molecular weight excluding hydrogens is 707 g/mol. The summed E-state index contributed by atoms with van der Waals surface area (Å²) in [5, 5.41) is 23.0. The lowest BCUT2D eigenvalue weighted by atomic mass is 10.0. The second kappa shape index (κ2) is 47.0. The van der Waals surface area contributed by atoms with Crippen molar-refractivity contribution in [2.45, 2.75) is 276 Å². The summed E-state index contributed by atoms with van der Waals surface area (Å²) in [5.41, 5.74) is 0. The van der Waals surface area contributed by atoms with Crippen LogP contribution >= 0.6 is 0 Å². The number of amides is 1. The monoisotopic (exact) mass is 804 g/mol. The molecule has 0 bridgehead atoms. The van der Waals surface area contributed by atoms with Gasteiger partial charge in [-0.3, -0.25) is 9.59 Å². The number of nitrogens with one attached hydrogen (secondary N) is 1. The predicted octanol–water partition coefficient (Wildman–Crippen LogP) is 14.7. The van der Waals surface area contributed by atoms with E-state index in [2.05, 4.69) is 43.5 Å². The quantitative estimate of drug-likeness (QED) is 0.0324. The average molecular weight is 804 g/mol. The number of unbranched alkanes of at least 4 members (excludes halogenated alkanes) is 31. The van der Waals surface area contributed by atoms with Gasteiger partial charge in [0, 0.05) is 12.8 Å². The lowest BCUT2D eigenvalue weighted by Gasteiger charge is -2.22. The van der Waals surface area contributed by atoms with Gasteiger partial charge in [0.1, 0.15) is 0 Å². The number of carbonyl (C=O) groups excluding carboxylic acids is 2. The van der Waals surface area contributed by atoms with Gasteiger partial charge in [0.2, 0.25) is 5.91 Å². The van der Waals surface area contributed by atoms with Gasteiger partial charge in [-0.15, -0.1) is 0 Å². The van der Waals surface area contributed by atoms with Gasteiger partial charge in [-0.2, -0.15) is 0 Å². The first-order chi connectivity index (χ1) is 28.0. The van der Waals surface area contributed by atoms with Crippen LogP contribution in [0.3, 0.4) is 0 Å². The second-order valence-corrected chi connectivity index (χ2v) is 17.1. The number of aliphatic hydroxyl groups excluding tert-OH is 2. The number of hydrogen-bond donors (Lipinski definition) is 3. The van der Waals surface area contributed by atoms with Gasteiger partial charge in [-0.25, -0.2) is 0 Å². The Morgan fingerprint density at radius 1 is 0.474 bits per heavy atom. The molecule has 2 unspecified atom stereocenters. The zero-order chi connectivity index (χ0) is 41.5. The normalized spacial score (nSPS) is 12.8. The highest BCUT2D eigenvalue weighted by Crippen LogP contribution is 2.15. The molecule has 3 N–H and O–H groups in total. The summed E-state index contributed by atoms with van der Waals surface area (Å²) in [6.45, 7) is 4.87. The number of esters is 1. The molecule has 0 spiro atoms. The van der Waals surface area contributed by atoms with Crippen molar-refractivity contribution in [3.63, 3.8) is 0 Å². The number of rotatable bonds is 46.